The Bertz CT molecular complexity index is 1230. The standard InChI is InChI=1S/C28H31F3N4O2/c1-34(25-18-26(28(29,30)31)33-24-5-3-2-4-23(24)25)21-12-8-20(9-13-21)32-27(36)19-6-10-22(11-7-19)35-14-16-37-17-15-35/h2-7,10-11,18,20-21H,8-9,12-17H2,1H3,(H,32,36)/t20-,21+. The van der Waals surface area contributed by atoms with Crippen LogP contribution in [0.3, 0.4) is 0 Å². The lowest BCUT2D eigenvalue weighted by Gasteiger charge is -2.37. The lowest BCUT2D eigenvalue weighted by atomic mass is 9.89. The van der Waals surface area contributed by atoms with Crippen molar-refractivity contribution in [3.63, 3.8) is 0 Å². The van der Waals surface area contributed by atoms with Crippen LogP contribution in [0.2, 0.25) is 0 Å². The molecule has 1 saturated heterocycles. The van der Waals surface area contributed by atoms with E-state index in [1.54, 1.807) is 12.1 Å². The first kappa shape index (κ1) is 25.3. The molecule has 1 aliphatic carbocycles. The largest absolute Gasteiger partial charge is 0.433 e. The molecular weight excluding hydrogens is 481 g/mol. The van der Waals surface area contributed by atoms with Gasteiger partial charge in [-0.3, -0.25) is 4.79 Å². The third kappa shape index (κ3) is 5.66. The number of aromatic nitrogens is 1. The highest BCUT2D eigenvalue weighted by atomic mass is 19.4. The number of halogens is 3. The van der Waals surface area contributed by atoms with E-state index in [9.17, 15) is 18.0 Å². The Kier molecular flexibility index (Phi) is 7.24. The van der Waals surface area contributed by atoms with Crippen molar-refractivity contribution in [3.05, 3.63) is 65.9 Å². The van der Waals surface area contributed by atoms with Gasteiger partial charge >= 0.3 is 6.18 Å². The van der Waals surface area contributed by atoms with Crippen molar-refractivity contribution in [2.75, 3.05) is 43.2 Å². The summed E-state index contributed by atoms with van der Waals surface area (Å²) < 4.78 is 45.9. The zero-order chi connectivity index (χ0) is 26.0. The molecule has 1 aromatic heterocycles. The Morgan fingerprint density at radius 1 is 1.03 bits per heavy atom. The van der Waals surface area contributed by atoms with Crippen molar-refractivity contribution in [3.8, 4) is 0 Å². The smallest absolute Gasteiger partial charge is 0.378 e. The van der Waals surface area contributed by atoms with Gasteiger partial charge in [0.2, 0.25) is 0 Å². The number of anilines is 2. The van der Waals surface area contributed by atoms with Gasteiger partial charge in [-0.1, -0.05) is 18.2 Å². The number of carbonyl (C=O) groups is 1. The lowest BCUT2D eigenvalue weighted by molar-refractivity contribution is -0.140. The van der Waals surface area contributed by atoms with E-state index in [-0.39, 0.29) is 18.0 Å². The van der Waals surface area contributed by atoms with Crippen LogP contribution in [0.4, 0.5) is 24.5 Å². The second kappa shape index (κ2) is 10.6. The fourth-order valence-electron chi connectivity index (χ4n) is 5.31. The number of amides is 1. The minimum absolute atomic E-state index is 0.0380. The number of pyridine rings is 1. The second-order valence-corrected chi connectivity index (χ2v) is 9.78. The van der Waals surface area contributed by atoms with Crippen LogP contribution >= 0.6 is 0 Å². The number of carbonyl (C=O) groups excluding carboxylic acids is 1. The highest BCUT2D eigenvalue weighted by Gasteiger charge is 2.34. The first-order valence-corrected chi connectivity index (χ1v) is 12.7. The first-order valence-electron chi connectivity index (χ1n) is 12.7. The number of hydrogen-bond acceptors (Lipinski definition) is 5. The van der Waals surface area contributed by atoms with Crippen molar-refractivity contribution < 1.29 is 22.7 Å². The minimum Gasteiger partial charge on any atom is -0.378 e. The molecule has 3 aromatic rings. The molecule has 1 amide bonds. The van der Waals surface area contributed by atoms with Crippen molar-refractivity contribution >= 4 is 28.2 Å². The molecule has 196 valence electrons. The molecule has 2 aliphatic rings. The second-order valence-electron chi connectivity index (χ2n) is 9.78. The summed E-state index contributed by atoms with van der Waals surface area (Å²) in [4.78, 5) is 20.9. The number of morpholine rings is 1. The Morgan fingerprint density at radius 3 is 2.38 bits per heavy atom. The lowest BCUT2D eigenvalue weighted by Crippen LogP contribution is -2.43. The van der Waals surface area contributed by atoms with Gasteiger partial charge in [0.25, 0.3) is 5.91 Å². The van der Waals surface area contributed by atoms with E-state index in [2.05, 4.69) is 15.2 Å². The fourth-order valence-corrected chi connectivity index (χ4v) is 5.31. The van der Waals surface area contributed by atoms with Crippen molar-refractivity contribution in [1.29, 1.82) is 0 Å². The van der Waals surface area contributed by atoms with Crippen molar-refractivity contribution in [1.82, 2.24) is 10.3 Å². The fraction of sp³-hybridized carbons (Fsp3) is 0.429. The van der Waals surface area contributed by atoms with Crippen LogP contribution in [-0.2, 0) is 10.9 Å². The molecule has 2 heterocycles. The van der Waals surface area contributed by atoms with Gasteiger partial charge in [-0.2, -0.15) is 13.2 Å². The van der Waals surface area contributed by atoms with Crippen LogP contribution in [0, 0.1) is 0 Å². The van der Waals surface area contributed by atoms with Gasteiger partial charge in [-0.25, -0.2) is 4.98 Å². The maximum Gasteiger partial charge on any atom is 0.433 e. The monoisotopic (exact) mass is 512 g/mol. The predicted octanol–water partition coefficient (Wildman–Crippen LogP) is 5.27. The molecule has 0 radical (unpaired) electrons. The molecule has 5 rings (SSSR count). The Hall–Kier alpha value is -3.33. The number of fused-ring (bicyclic) bond motifs is 1. The predicted molar refractivity (Wildman–Crippen MR) is 138 cm³/mol. The summed E-state index contributed by atoms with van der Waals surface area (Å²) in [6, 6.07) is 15.9. The molecule has 1 saturated carbocycles. The maximum atomic E-state index is 13.5. The van der Waals surface area contributed by atoms with Gasteiger partial charge in [0.1, 0.15) is 5.69 Å². The van der Waals surface area contributed by atoms with Gasteiger partial charge in [-0.05, 0) is 62.1 Å². The van der Waals surface area contributed by atoms with Gasteiger partial charge in [0.15, 0.2) is 0 Å². The maximum absolute atomic E-state index is 13.5. The van der Waals surface area contributed by atoms with Crippen molar-refractivity contribution in [2.24, 2.45) is 0 Å². The highest BCUT2D eigenvalue weighted by molar-refractivity contribution is 5.95. The van der Waals surface area contributed by atoms with E-state index >= 15 is 0 Å². The first-order chi connectivity index (χ1) is 17.8. The molecule has 2 fully saturated rings. The molecule has 1 aliphatic heterocycles. The van der Waals surface area contributed by atoms with E-state index in [1.165, 1.54) is 0 Å². The van der Waals surface area contributed by atoms with Crippen LogP contribution in [0.25, 0.3) is 10.9 Å². The van der Waals surface area contributed by atoms with E-state index < -0.39 is 11.9 Å². The summed E-state index contributed by atoms with van der Waals surface area (Å²) in [5.41, 5.74) is 1.69. The van der Waals surface area contributed by atoms with Crippen LogP contribution in [0.15, 0.2) is 54.6 Å². The Balaban J connectivity index is 1.21. The molecule has 6 nitrogen and oxygen atoms in total. The van der Waals surface area contributed by atoms with Gasteiger partial charge in [0, 0.05) is 54.5 Å². The zero-order valence-corrected chi connectivity index (χ0v) is 20.8. The molecule has 0 unspecified atom stereocenters. The highest BCUT2D eigenvalue weighted by Crippen LogP contribution is 2.36. The summed E-state index contributed by atoms with van der Waals surface area (Å²) >= 11 is 0. The number of ether oxygens (including phenoxy) is 1. The molecule has 2 aromatic carbocycles. The average Bonchev–Trinajstić information content (AvgIpc) is 2.92. The molecule has 0 spiro atoms. The van der Waals surface area contributed by atoms with E-state index in [0.717, 1.165) is 50.5 Å². The summed E-state index contributed by atoms with van der Waals surface area (Å²) in [5, 5.41) is 3.84. The molecule has 9 heteroatoms. The van der Waals surface area contributed by atoms with Crippen LogP contribution in [0.5, 0.6) is 0 Å². The minimum atomic E-state index is -4.51. The Morgan fingerprint density at radius 2 is 1.70 bits per heavy atom. The third-order valence-electron chi connectivity index (χ3n) is 7.45. The summed E-state index contributed by atoms with van der Waals surface area (Å²) in [6.07, 6.45) is -1.43. The number of nitrogens with one attached hydrogen (secondary N) is 1. The summed E-state index contributed by atoms with van der Waals surface area (Å²) in [6.45, 7) is 3.11. The number of rotatable bonds is 5. The van der Waals surface area contributed by atoms with Gasteiger partial charge in [0.05, 0.1) is 18.7 Å². The number of nitrogens with zero attached hydrogens (tertiary/aromatic N) is 3. The number of benzene rings is 2. The van der Waals surface area contributed by atoms with E-state index in [4.69, 9.17) is 4.74 Å². The third-order valence-corrected chi connectivity index (χ3v) is 7.45. The van der Waals surface area contributed by atoms with Gasteiger partial charge < -0.3 is 19.9 Å². The number of hydrogen-bond donors (Lipinski definition) is 1. The van der Waals surface area contributed by atoms with E-state index in [0.29, 0.717) is 35.4 Å². The molecule has 0 bridgehead atoms. The SMILES string of the molecule is CN(c1cc(C(F)(F)F)nc2ccccc12)[C@H]1CC[C@@H](NC(=O)c2ccc(N3CCOCC3)cc2)CC1. The summed E-state index contributed by atoms with van der Waals surface area (Å²) in [5.74, 6) is -0.0970. The van der Waals surface area contributed by atoms with Gasteiger partial charge in [-0.15, -0.1) is 0 Å². The Labute approximate surface area is 214 Å². The van der Waals surface area contributed by atoms with Crippen molar-refractivity contribution in [2.45, 2.75) is 43.9 Å². The topological polar surface area (TPSA) is 57.7 Å². The van der Waals surface area contributed by atoms with E-state index in [1.807, 2.05) is 48.3 Å². The number of alkyl halides is 3. The van der Waals surface area contributed by atoms with Crippen LogP contribution < -0.4 is 15.1 Å². The normalized spacial score (nSPS) is 20.6. The zero-order valence-electron chi connectivity index (χ0n) is 20.8. The van der Waals surface area contributed by atoms with Crippen LogP contribution in [-0.4, -0.2) is 56.3 Å². The molecule has 0 atom stereocenters. The average molecular weight is 513 g/mol. The quantitative estimate of drug-likeness (QED) is 0.505. The molecule has 37 heavy (non-hydrogen) atoms. The molecular formula is C28H31F3N4O2. The summed E-state index contributed by atoms with van der Waals surface area (Å²) in [7, 11) is 1.85. The van der Waals surface area contributed by atoms with Crippen LogP contribution in [0.1, 0.15) is 41.7 Å². The number of para-hydroxylation sites is 1. The molecule has 1 N–H and O–H groups in total.